The second kappa shape index (κ2) is 7.05. The second-order valence-electron chi connectivity index (χ2n) is 5.40. The molecule has 2 unspecified atom stereocenters. The average molecular weight is 360 g/mol. The fourth-order valence-corrected chi connectivity index (χ4v) is 6.07. The largest absolute Gasteiger partial charge is 0.316 e. The summed E-state index contributed by atoms with van der Waals surface area (Å²) in [6.07, 6.45) is 6.12. The van der Waals surface area contributed by atoms with Gasteiger partial charge in [0, 0.05) is 10.5 Å². The van der Waals surface area contributed by atoms with Crippen LogP contribution in [0.2, 0.25) is 0 Å². The van der Waals surface area contributed by atoms with Gasteiger partial charge in [0.15, 0.2) is 9.84 Å². The first-order valence-electron chi connectivity index (χ1n) is 7.23. The Kier molecular flexibility index (Phi) is 5.64. The number of benzene rings is 1. The lowest BCUT2D eigenvalue weighted by atomic mass is 9.96. The van der Waals surface area contributed by atoms with Gasteiger partial charge < -0.3 is 5.32 Å². The van der Waals surface area contributed by atoms with Gasteiger partial charge in [-0.05, 0) is 48.0 Å². The van der Waals surface area contributed by atoms with E-state index in [4.69, 9.17) is 0 Å². The van der Waals surface area contributed by atoms with Crippen molar-refractivity contribution in [2.45, 2.75) is 54.7 Å². The molecular weight excluding hydrogens is 338 g/mol. The maximum Gasteiger partial charge on any atom is 0.183 e. The predicted octanol–water partition coefficient (Wildman–Crippen LogP) is 3.53. The molecule has 1 aliphatic carbocycles. The third-order valence-electron chi connectivity index (χ3n) is 4.12. The number of halogens is 1. The fraction of sp³-hybridized carbons (Fsp3) is 0.600. The van der Waals surface area contributed by atoms with Gasteiger partial charge in [-0.25, -0.2) is 8.42 Å². The third kappa shape index (κ3) is 3.43. The van der Waals surface area contributed by atoms with Gasteiger partial charge in [-0.2, -0.15) is 0 Å². The molecule has 1 fully saturated rings. The van der Waals surface area contributed by atoms with Crippen molar-refractivity contribution < 1.29 is 8.42 Å². The monoisotopic (exact) mass is 359 g/mol. The lowest BCUT2D eigenvalue weighted by Gasteiger charge is -2.29. The van der Waals surface area contributed by atoms with E-state index in [0.717, 1.165) is 32.1 Å². The summed E-state index contributed by atoms with van der Waals surface area (Å²) < 4.78 is 26.6. The van der Waals surface area contributed by atoms with E-state index in [9.17, 15) is 8.42 Å². The number of hydrogen-bond donors (Lipinski definition) is 1. The van der Waals surface area contributed by atoms with Crippen molar-refractivity contribution in [3.05, 3.63) is 28.7 Å². The van der Waals surface area contributed by atoms with E-state index in [0.29, 0.717) is 9.37 Å². The molecule has 2 atom stereocenters. The SMILES string of the molecule is CNC1CCCCCCC1S(=O)(=O)c1ccccc1Br. The molecule has 0 bridgehead atoms. The summed E-state index contributed by atoms with van der Waals surface area (Å²) in [5, 5.41) is 2.90. The summed E-state index contributed by atoms with van der Waals surface area (Å²) in [6, 6.07) is 7.17. The zero-order valence-corrected chi connectivity index (χ0v) is 14.2. The Morgan fingerprint density at radius 1 is 1.10 bits per heavy atom. The molecule has 20 heavy (non-hydrogen) atoms. The third-order valence-corrected chi connectivity index (χ3v) is 7.40. The Hall–Kier alpha value is -0.390. The molecule has 5 heteroatoms. The van der Waals surface area contributed by atoms with Crippen LogP contribution < -0.4 is 5.32 Å². The Morgan fingerprint density at radius 2 is 1.75 bits per heavy atom. The molecule has 0 spiro atoms. The molecular formula is C15H22BrNO2S. The van der Waals surface area contributed by atoms with E-state index >= 15 is 0 Å². The molecule has 1 aromatic carbocycles. The minimum absolute atomic E-state index is 0.0485. The van der Waals surface area contributed by atoms with Gasteiger partial charge in [0.2, 0.25) is 0 Å². The number of nitrogens with one attached hydrogen (secondary N) is 1. The quantitative estimate of drug-likeness (QED) is 0.897. The van der Waals surface area contributed by atoms with E-state index in [1.807, 2.05) is 13.1 Å². The summed E-state index contributed by atoms with van der Waals surface area (Å²) in [5.74, 6) is 0. The Morgan fingerprint density at radius 3 is 2.40 bits per heavy atom. The highest BCUT2D eigenvalue weighted by Crippen LogP contribution is 2.31. The minimum atomic E-state index is -3.30. The van der Waals surface area contributed by atoms with Crippen LogP contribution in [0, 0.1) is 0 Å². The van der Waals surface area contributed by atoms with Crippen LogP contribution in [0.1, 0.15) is 38.5 Å². The summed E-state index contributed by atoms with van der Waals surface area (Å²) in [5.41, 5.74) is 0. The van der Waals surface area contributed by atoms with Gasteiger partial charge in [0.1, 0.15) is 0 Å². The van der Waals surface area contributed by atoms with Crippen molar-refractivity contribution in [3.63, 3.8) is 0 Å². The van der Waals surface area contributed by atoms with Gasteiger partial charge in [-0.1, -0.05) is 37.8 Å². The highest BCUT2D eigenvalue weighted by molar-refractivity contribution is 9.10. The van der Waals surface area contributed by atoms with Crippen LogP contribution in [0.4, 0.5) is 0 Å². The average Bonchev–Trinajstić information content (AvgIpc) is 2.38. The molecule has 3 nitrogen and oxygen atoms in total. The molecule has 1 N–H and O–H groups in total. The molecule has 2 rings (SSSR count). The molecule has 0 saturated heterocycles. The molecule has 1 aliphatic rings. The second-order valence-corrected chi connectivity index (χ2v) is 8.39. The normalized spacial score (nSPS) is 24.9. The molecule has 0 aromatic heterocycles. The van der Waals surface area contributed by atoms with Gasteiger partial charge in [0.05, 0.1) is 10.1 Å². The predicted molar refractivity (Wildman–Crippen MR) is 85.7 cm³/mol. The first-order valence-corrected chi connectivity index (χ1v) is 9.57. The van der Waals surface area contributed by atoms with E-state index in [1.54, 1.807) is 18.2 Å². The van der Waals surface area contributed by atoms with E-state index in [-0.39, 0.29) is 11.3 Å². The molecule has 0 radical (unpaired) electrons. The number of sulfone groups is 1. The lowest BCUT2D eigenvalue weighted by Crippen LogP contribution is -2.43. The summed E-state index contributed by atoms with van der Waals surface area (Å²) in [6.45, 7) is 0. The van der Waals surface area contributed by atoms with Crippen LogP contribution in [0.5, 0.6) is 0 Å². The summed E-state index contributed by atoms with van der Waals surface area (Å²) in [7, 11) is -1.43. The van der Waals surface area contributed by atoms with E-state index in [1.165, 1.54) is 6.42 Å². The number of hydrogen-bond acceptors (Lipinski definition) is 3. The highest BCUT2D eigenvalue weighted by Gasteiger charge is 2.35. The Bertz CT molecular complexity index is 545. The van der Waals surface area contributed by atoms with E-state index < -0.39 is 9.84 Å². The van der Waals surface area contributed by atoms with Crippen LogP contribution in [0.25, 0.3) is 0 Å². The smallest absolute Gasteiger partial charge is 0.183 e. The molecule has 1 aromatic rings. The topological polar surface area (TPSA) is 46.2 Å². The van der Waals surface area contributed by atoms with Gasteiger partial charge in [0.25, 0.3) is 0 Å². The Balaban J connectivity index is 2.36. The molecule has 0 aliphatic heterocycles. The minimum Gasteiger partial charge on any atom is -0.316 e. The van der Waals surface area contributed by atoms with Crippen molar-refractivity contribution in [1.29, 1.82) is 0 Å². The zero-order valence-electron chi connectivity index (χ0n) is 11.8. The molecule has 0 heterocycles. The standard InChI is InChI=1S/C15H22BrNO2S/c1-17-13-9-4-2-3-5-11-15(13)20(18,19)14-10-7-6-8-12(14)16/h6-8,10,13,15,17H,2-5,9,11H2,1H3. The van der Waals surface area contributed by atoms with Crippen LogP contribution in [-0.2, 0) is 9.84 Å². The molecule has 112 valence electrons. The molecule has 0 amide bonds. The number of rotatable bonds is 3. The van der Waals surface area contributed by atoms with Crippen LogP contribution >= 0.6 is 15.9 Å². The van der Waals surface area contributed by atoms with E-state index in [2.05, 4.69) is 21.2 Å². The van der Waals surface area contributed by atoms with Crippen molar-refractivity contribution >= 4 is 25.8 Å². The Labute approximate surface area is 130 Å². The highest BCUT2D eigenvalue weighted by atomic mass is 79.9. The first-order chi connectivity index (χ1) is 9.57. The lowest BCUT2D eigenvalue weighted by molar-refractivity contribution is 0.405. The van der Waals surface area contributed by atoms with Crippen molar-refractivity contribution in [3.8, 4) is 0 Å². The summed E-state index contributed by atoms with van der Waals surface area (Å²) >= 11 is 3.38. The van der Waals surface area contributed by atoms with Crippen molar-refractivity contribution in [1.82, 2.24) is 5.32 Å². The summed E-state index contributed by atoms with van der Waals surface area (Å²) in [4.78, 5) is 0.422. The van der Waals surface area contributed by atoms with Gasteiger partial charge in [-0.3, -0.25) is 0 Å². The van der Waals surface area contributed by atoms with Crippen LogP contribution in [-0.4, -0.2) is 26.8 Å². The molecule has 1 saturated carbocycles. The fourth-order valence-electron chi connectivity index (χ4n) is 2.99. The maximum absolute atomic E-state index is 13.0. The first kappa shape index (κ1) is 16.0. The maximum atomic E-state index is 13.0. The van der Waals surface area contributed by atoms with Gasteiger partial charge in [-0.15, -0.1) is 0 Å². The zero-order chi connectivity index (χ0) is 14.6. The van der Waals surface area contributed by atoms with Crippen LogP contribution in [0.3, 0.4) is 0 Å². The van der Waals surface area contributed by atoms with Crippen molar-refractivity contribution in [2.24, 2.45) is 0 Å². The van der Waals surface area contributed by atoms with Crippen molar-refractivity contribution in [2.75, 3.05) is 7.05 Å². The van der Waals surface area contributed by atoms with Gasteiger partial charge >= 0.3 is 0 Å². The van der Waals surface area contributed by atoms with Crippen LogP contribution in [0.15, 0.2) is 33.6 Å².